The molecule has 1 spiro atoms. The van der Waals surface area contributed by atoms with Crippen molar-refractivity contribution in [3.05, 3.63) is 24.2 Å². The third kappa shape index (κ3) is 6.22. The first-order valence-corrected chi connectivity index (χ1v) is 9.03. The van der Waals surface area contributed by atoms with Crippen LogP contribution in [0, 0.1) is 5.92 Å². The molecule has 1 saturated carbocycles. The van der Waals surface area contributed by atoms with Crippen molar-refractivity contribution in [2.24, 2.45) is 5.92 Å². The van der Waals surface area contributed by atoms with Crippen LogP contribution in [0.25, 0.3) is 0 Å². The van der Waals surface area contributed by atoms with Gasteiger partial charge >= 0.3 is 12.1 Å². The Hall–Kier alpha value is -1.58. The summed E-state index contributed by atoms with van der Waals surface area (Å²) in [5.41, 5.74) is 0.0139. The van der Waals surface area contributed by atoms with Crippen molar-refractivity contribution in [2.75, 3.05) is 32.9 Å². The molecular formula is C18H26F3NO5. The molecule has 2 atom stereocenters. The van der Waals surface area contributed by atoms with Gasteiger partial charge in [0.05, 0.1) is 31.6 Å². The van der Waals surface area contributed by atoms with Crippen molar-refractivity contribution in [2.45, 2.75) is 44.5 Å². The number of rotatable bonds is 5. The van der Waals surface area contributed by atoms with Crippen LogP contribution in [-0.2, 0) is 20.8 Å². The molecule has 6 nitrogen and oxygen atoms in total. The van der Waals surface area contributed by atoms with Gasteiger partial charge in [-0.1, -0.05) is 6.42 Å². The second kappa shape index (κ2) is 9.57. The number of nitrogens with zero attached hydrogens (tertiary/aromatic N) is 1. The molecule has 0 unspecified atom stereocenters. The van der Waals surface area contributed by atoms with Gasteiger partial charge < -0.3 is 19.0 Å². The van der Waals surface area contributed by atoms with Crippen LogP contribution in [0.1, 0.15) is 31.9 Å². The molecule has 0 radical (unpaired) electrons. The molecule has 0 aromatic carbocycles. The van der Waals surface area contributed by atoms with Crippen LogP contribution < -0.4 is 0 Å². The Bertz CT molecular complexity index is 578. The van der Waals surface area contributed by atoms with Gasteiger partial charge in [-0.05, 0) is 31.9 Å². The van der Waals surface area contributed by atoms with E-state index in [4.69, 9.17) is 23.8 Å². The van der Waals surface area contributed by atoms with E-state index >= 15 is 0 Å². The van der Waals surface area contributed by atoms with E-state index in [0.29, 0.717) is 5.92 Å². The molecular weight excluding hydrogens is 367 g/mol. The highest BCUT2D eigenvalue weighted by atomic mass is 19.4. The third-order valence-corrected chi connectivity index (χ3v) is 4.91. The van der Waals surface area contributed by atoms with Gasteiger partial charge in [-0.15, -0.1) is 0 Å². The van der Waals surface area contributed by atoms with Crippen molar-refractivity contribution in [3.8, 4) is 0 Å². The molecule has 1 aromatic rings. The van der Waals surface area contributed by atoms with Crippen molar-refractivity contribution in [1.82, 2.24) is 4.90 Å². The lowest BCUT2D eigenvalue weighted by atomic mass is 9.89. The second-order valence-corrected chi connectivity index (χ2v) is 6.75. The van der Waals surface area contributed by atoms with Crippen LogP contribution in [-0.4, -0.2) is 60.7 Å². The van der Waals surface area contributed by atoms with E-state index < -0.39 is 12.1 Å². The monoisotopic (exact) mass is 393 g/mol. The van der Waals surface area contributed by atoms with Crippen molar-refractivity contribution in [3.63, 3.8) is 0 Å². The van der Waals surface area contributed by atoms with Gasteiger partial charge in [0.15, 0.2) is 0 Å². The molecule has 2 fully saturated rings. The van der Waals surface area contributed by atoms with Crippen LogP contribution in [0.3, 0.4) is 0 Å². The molecule has 1 aliphatic heterocycles. The number of halogens is 3. The summed E-state index contributed by atoms with van der Waals surface area (Å²) in [6.45, 7) is 7.40. The number of hydrogen-bond donors (Lipinski definition) is 1. The van der Waals surface area contributed by atoms with E-state index in [1.165, 1.54) is 19.3 Å². The average Bonchev–Trinajstić information content (AvgIpc) is 3.23. The smallest absolute Gasteiger partial charge is 0.475 e. The van der Waals surface area contributed by atoms with Crippen LogP contribution in [0.4, 0.5) is 13.2 Å². The number of morpholine rings is 1. The van der Waals surface area contributed by atoms with E-state index in [-0.39, 0.29) is 5.60 Å². The standard InChI is InChI=1S/C16H25NO3.C2HF3O2/c1-2-18-12-14-5-3-7-16(14)13-17(8-10-20-16)11-15-6-4-9-19-15;3-2(4,5)1(6)7/h4,6,9,14H,2-3,5,7-8,10-13H2,1H3;(H,6,7)/t14-,16+;/m0./s1. The van der Waals surface area contributed by atoms with Gasteiger partial charge in [0.1, 0.15) is 5.76 Å². The fraction of sp³-hybridized carbons (Fsp3) is 0.722. The number of aliphatic carboxylic acids is 1. The summed E-state index contributed by atoms with van der Waals surface area (Å²) in [5.74, 6) is -1.17. The predicted molar refractivity (Wildman–Crippen MR) is 90.2 cm³/mol. The highest BCUT2D eigenvalue weighted by Crippen LogP contribution is 2.41. The summed E-state index contributed by atoms with van der Waals surface area (Å²) in [6, 6.07) is 4.01. The quantitative estimate of drug-likeness (QED) is 0.828. The summed E-state index contributed by atoms with van der Waals surface area (Å²) in [6.07, 6.45) is 0.319. The van der Waals surface area contributed by atoms with Crippen molar-refractivity contribution < 1.29 is 37.0 Å². The number of ether oxygens (including phenoxy) is 2. The van der Waals surface area contributed by atoms with Gasteiger partial charge in [-0.25, -0.2) is 4.79 Å². The van der Waals surface area contributed by atoms with E-state index in [2.05, 4.69) is 17.9 Å². The molecule has 1 N–H and O–H groups in total. The van der Waals surface area contributed by atoms with E-state index in [9.17, 15) is 13.2 Å². The van der Waals surface area contributed by atoms with Crippen LogP contribution in [0.15, 0.2) is 22.8 Å². The van der Waals surface area contributed by atoms with E-state index in [1.807, 2.05) is 6.07 Å². The Morgan fingerprint density at radius 2 is 2.22 bits per heavy atom. The second-order valence-electron chi connectivity index (χ2n) is 6.75. The molecule has 2 aliphatic rings. The minimum absolute atomic E-state index is 0.0139. The summed E-state index contributed by atoms with van der Waals surface area (Å²) in [5, 5.41) is 7.12. The Balaban J connectivity index is 0.000000321. The fourth-order valence-electron chi connectivity index (χ4n) is 3.65. The van der Waals surface area contributed by atoms with Gasteiger partial charge in [-0.3, -0.25) is 4.90 Å². The third-order valence-electron chi connectivity index (χ3n) is 4.91. The normalized spacial score (nSPS) is 26.0. The maximum Gasteiger partial charge on any atom is 0.490 e. The highest BCUT2D eigenvalue weighted by Gasteiger charge is 2.46. The Morgan fingerprint density at radius 3 is 2.81 bits per heavy atom. The number of furan rings is 1. The number of carbonyl (C=O) groups is 1. The summed E-state index contributed by atoms with van der Waals surface area (Å²) in [4.78, 5) is 11.4. The summed E-state index contributed by atoms with van der Waals surface area (Å²) >= 11 is 0. The van der Waals surface area contributed by atoms with Gasteiger partial charge in [0.2, 0.25) is 0 Å². The molecule has 154 valence electrons. The topological polar surface area (TPSA) is 72.1 Å². The summed E-state index contributed by atoms with van der Waals surface area (Å²) in [7, 11) is 0. The molecule has 9 heteroatoms. The zero-order valence-corrected chi connectivity index (χ0v) is 15.3. The largest absolute Gasteiger partial charge is 0.490 e. The summed E-state index contributed by atoms with van der Waals surface area (Å²) < 4.78 is 49.1. The maximum absolute atomic E-state index is 10.6. The lowest BCUT2D eigenvalue weighted by Gasteiger charge is -2.43. The van der Waals surface area contributed by atoms with Gasteiger partial charge in [-0.2, -0.15) is 13.2 Å². The SMILES string of the molecule is CCOC[C@@H]1CCC[C@@]12CN(Cc1ccco1)CCO2.O=C(O)C(F)(F)F. The Morgan fingerprint density at radius 1 is 1.48 bits per heavy atom. The minimum Gasteiger partial charge on any atom is -0.475 e. The molecule has 1 aromatic heterocycles. The number of carboxylic acid groups (broad SMARTS) is 1. The first-order chi connectivity index (χ1) is 12.8. The Labute approximate surface area is 156 Å². The molecule has 27 heavy (non-hydrogen) atoms. The van der Waals surface area contributed by atoms with Crippen molar-refractivity contribution >= 4 is 5.97 Å². The van der Waals surface area contributed by atoms with E-state index in [1.54, 1.807) is 6.26 Å². The Kier molecular flexibility index (Phi) is 7.69. The zero-order valence-electron chi connectivity index (χ0n) is 15.3. The molecule has 2 heterocycles. The van der Waals surface area contributed by atoms with Crippen LogP contribution in [0.5, 0.6) is 0 Å². The molecule has 1 aliphatic carbocycles. The van der Waals surface area contributed by atoms with Gasteiger partial charge in [0.25, 0.3) is 0 Å². The molecule has 0 amide bonds. The number of alkyl halides is 3. The lowest BCUT2D eigenvalue weighted by Crippen LogP contribution is -2.54. The van der Waals surface area contributed by atoms with Crippen LogP contribution in [0.2, 0.25) is 0 Å². The number of carboxylic acids is 1. The zero-order chi connectivity index (χ0) is 19.9. The average molecular weight is 393 g/mol. The number of hydrogen-bond acceptors (Lipinski definition) is 5. The predicted octanol–water partition coefficient (Wildman–Crippen LogP) is 3.32. The minimum atomic E-state index is -5.08. The highest BCUT2D eigenvalue weighted by molar-refractivity contribution is 5.73. The molecule has 1 saturated heterocycles. The molecule has 3 rings (SSSR count). The molecule has 0 bridgehead atoms. The first-order valence-electron chi connectivity index (χ1n) is 9.03. The maximum atomic E-state index is 10.6. The van der Waals surface area contributed by atoms with Gasteiger partial charge in [0, 0.05) is 25.6 Å². The van der Waals surface area contributed by atoms with Crippen molar-refractivity contribution in [1.29, 1.82) is 0 Å². The van der Waals surface area contributed by atoms with E-state index in [0.717, 1.165) is 45.2 Å². The fourth-order valence-corrected chi connectivity index (χ4v) is 3.65. The van der Waals surface area contributed by atoms with Crippen LogP contribution >= 0.6 is 0 Å². The first kappa shape index (κ1) is 21.7. The lowest BCUT2D eigenvalue weighted by molar-refractivity contribution is -0.192.